The zero-order chi connectivity index (χ0) is 20.3. The first-order valence-electron chi connectivity index (χ1n) is 9.79. The Labute approximate surface area is 170 Å². The Bertz CT molecular complexity index is 888. The molecule has 6 heteroatoms. The van der Waals surface area contributed by atoms with Crippen molar-refractivity contribution in [2.75, 3.05) is 11.9 Å². The lowest BCUT2D eigenvalue weighted by Crippen LogP contribution is -2.19. The SMILES string of the molecule is Cc1ccc(C)c(OCCCC(=O)Nc2sc3c(c2C(N)=O)CCC(C)C3)c1. The molecule has 2 aromatic rings. The molecule has 0 radical (unpaired) electrons. The number of carbonyl (C=O) groups is 2. The molecule has 3 rings (SSSR count). The van der Waals surface area contributed by atoms with Crippen molar-refractivity contribution in [3.8, 4) is 5.75 Å². The Balaban J connectivity index is 1.56. The van der Waals surface area contributed by atoms with E-state index in [2.05, 4.69) is 12.2 Å². The van der Waals surface area contributed by atoms with Crippen molar-refractivity contribution in [2.24, 2.45) is 11.7 Å². The van der Waals surface area contributed by atoms with Crippen molar-refractivity contribution in [3.63, 3.8) is 0 Å². The highest BCUT2D eigenvalue weighted by Crippen LogP contribution is 2.39. The van der Waals surface area contributed by atoms with Gasteiger partial charge >= 0.3 is 0 Å². The normalized spacial score (nSPS) is 15.8. The molecule has 0 fully saturated rings. The van der Waals surface area contributed by atoms with Crippen molar-refractivity contribution in [2.45, 2.75) is 52.9 Å². The van der Waals surface area contributed by atoms with Gasteiger partial charge in [0.25, 0.3) is 5.91 Å². The van der Waals surface area contributed by atoms with Crippen LogP contribution in [0.15, 0.2) is 18.2 Å². The van der Waals surface area contributed by atoms with Crippen LogP contribution in [-0.4, -0.2) is 18.4 Å². The number of rotatable bonds is 7. The molecule has 0 saturated heterocycles. The number of nitrogens with two attached hydrogens (primary N) is 1. The van der Waals surface area contributed by atoms with E-state index in [1.54, 1.807) is 0 Å². The smallest absolute Gasteiger partial charge is 0.251 e. The van der Waals surface area contributed by atoms with Gasteiger partial charge in [0, 0.05) is 11.3 Å². The minimum absolute atomic E-state index is 0.112. The van der Waals surface area contributed by atoms with Gasteiger partial charge in [0.1, 0.15) is 10.8 Å². The second-order valence-electron chi connectivity index (χ2n) is 7.69. The molecule has 1 aromatic heterocycles. The fraction of sp³-hybridized carbons (Fsp3) is 0.455. The molecule has 1 aromatic carbocycles. The van der Waals surface area contributed by atoms with Crippen LogP contribution in [0.3, 0.4) is 0 Å². The summed E-state index contributed by atoms with van der Waals surface area (Å²) in [4.78, 5) is 25.5. The van der Waals surface area contributed by atoms with Gasteiger partial charge < -0.3 is 15.8 Å². The van der Waals surface area contributed by atoms with Crippen LogP contribution in [0.1, 0.15) is 58.1 Å². The molecule has 1 aliphatic rings. The molecule has 3 N–H and O–H groups in total. The van der Waals surface area contributed by atoms with Crippen LogP contribution in [0.2, 0.25) is 0 Å². The molecule has 0 saturated carbocycles. The average molecular weight is 401 g/mol. The number of aryl methyl sites for hydroxylation is 2. The van der Waals surface area contributed by atoms with Gasteiger partial charge in [0.2, 0.25) is 5.91 Å². The van der Waals surface area contributed by atoms with Crippen molar-refractivity contribution >= 4 is 28.2 Å². The third kappa shape index (κ3) is 4.73. The number of benzene rings is 1. The van der Waals surface area contributed by atoms with Crippen LogP contribution in [0.25, 0.3) is 0 Å². The second-order valence-corrected chi connectivity index (χ2v) is 8.79. The van der Waals surface area contributed by atoms with Crippen LogP contribution in [-0.2, 0) is 17.6 Å². The van der Waals surface area contributed by atoms with E-state index in [1.807, 2.05) is 32.0 Å². The minimum atomic E-state index is -0.458. The third-order valence-corrected chi connectivity index (χ3v) is 6.33. The number of fused-ring (bicyclic) bond motifs is 1. The molecule has 28 heavy (non-hydrogen) atoms. The van der Waals surface area contributed by atoms with E-state index in [0.29, 0.717) is 35.9 Å². The van der Waals surface area contributed by atoms with Gasteiger partial charge in [-0.25, -0.2) is 0 Å². The van der Waals surface area contributed by atoms with E-state index in [0.717, 1.165) is 41.7 Å². The highest BCUT2D eigenvalue weighted by atomic mass is 32.1. The molecular formula is C22H28N2O3S. The molecule has 1 aliphatic carbocycles. The first-order valence-corrected chi connectivity index (χ1v) is 10.6. The maximum atomic E-state index is 12.4. The van der Waals surface area contributed by atoms with Crippen LogP contribution in [0.4, 0.5) is 5.00 Å². The number of hydrogen-bond acceptors (Lipinski definition) is 4. The Morgan fingerprint density at radius 2 is 2.11 bits per heavy atom. The number of anilines is 1. The van der Waals surface area contributed by atoms with E-state index in [9.17, 15) is 9.59 Å². The quantitative estimate of drug-likeness (QED) is 0.677. The number of carbonyl (C=O) groups excluding carboxylic acids is 2. The molecule has 1 atom stereocenters. The zero-order valence-electron chi connectivity index (χ0n) is 16.8. The Morgan fingerprint density at radius 3 is 2.86 bits per heavy atom. The van der Waals surface area contributed by atoms with Crippen molar-refractivity contribution in [3.05, 3.63) is 45.3 Å². The molecule has 150 valence electrons. The lowest BCUT2D eigenvalue weighted by atomic mass is 9.88. The number of primary amides is 1. The zero-order valence-corrected chi connectivity index (χ0v) is 17.6. The summed E-state index contributed by atoms with van der Waals surface area (Å²) in [6, 6.07) is 6.08. The first kappa shape index (κ1) is 20.4. The summed E-state index contributed by atoms with van der Waals surface area (Å²) in [5.74, 6) is 0.883. The van der Waals surface area contributed by atoms with E-state index in [4.69, 9.17) is 10.5 Å². The minimum Gasteiger partial charge on any atom is -0.493 e. The summed E-state index contributed by atoms with van der Waals surface area (Å²) in [6.07, 6.45) is 3.78. The summed E-state index contributed by atoms with van der Waals surface area (Å²) in [7, 11) is 0. The number of amides is 2. The van der Waals surface area contributed by atoms with Crippen molar-refractivity contribution in [1.29, 1.82) is 0 Å². The van der Waals surface area contributed by atoms with Gasteiger partial charge in [0.15, 0.2) is 0 Å². The molecule has 1 heterocycles. The molecule has 1 unspecified atom stereocenters. The van der Waals surface area contributed by atoms with Gasteiger partial charge in [-0.1, -0.05) is 19.1 Å². The largest absolute Gasteiger partial charge is 0.493 e. The molecule has 2 amide bonds. The average Bonchev–Trinajstić information content (AvgIpc) is 2.98. The molecule has 0 spiro atoms. The molecule has 0 bridgehead atoms. The second kappa shape index (κ2) is 8.78. The van der Waals surface area contributed by atoms with E-state index in [-0.39, 0.29) is 5.91 Å². The van der Waals surface area contributed by atoms with Crippen molar-refractivity contribution < 1.29 is 14.3 Å². The number of hydrogen-bond donors (Lipinski definition) is 2. The van der Waals surface area contributed by atoms with Gasteiger partial charge in [-0.05, 0) is 68.2 Å². The molecular weight excluding hydrogens is 372 g/mol. The van der Waals surface area contributed by atoms with Gasteiger partial charge in [0.05, 0.1) is 12.2 Å². The summed E-state index contributed by atoms with van der Waals surface area (Å²) in [6.45, 7) is 6.71. The van der Waals surface area contributed by atoms with Gasteiger partial charge in [-0.3, -0.25) is 9.59 Å². The van der Waals surface area contributed by atoms with Crippen LogP contribution < -0.4 is 15.8 Å². The number of thiophene rings is 1. The van der Waals surface area contributed by atoms with Crippen LogP contribution in [0.5, 0.6) is 5.75 Å². The highest BCUT2D eigenvalue weighted by molar-refractivity contribution is 7.17. The standard InChI is InChI=1S/C22H28N2O3S/c1-13-6-8-15(3)17(11-13)27-10-4-5-19(25)24-22-20(21(23)26)16-9-7-14(2)12-18(16)28-22/h6,8,11,14H,4-5,7,9-10,12H2,1-3H3,(H2,23,26)(H,24,25). The number of nitrogens with one attached hydrogen (secondary N) is 1. The fourth-order valence-corrected chi connectivity index (χ4v) is 5.00. The van der Waals surface area contributed by atoms with Crippen LogP contribution in [0, 0.1) is 19.8 Å². The summed E-state index contributed by atoms with van der Waals surface area (Å²) < 4.78 is 5.81. The Morgan fingerprint density at radius 1 is 1.32 bits per heavy atom. The topological polar surface area (TPSA) is 81.4 Å². The van der Waals surface area contributed by atoms with E-state index < -0.39 is 5.91 Å². The fourth-order valence-electron chi connectivity index (χ4n) is 3.57. The first-order chi connectivity index (χ1) is 13.3. The Kier molecular flexibility index (Phi) is 6.39. The third-order valence-electron chi connectivity index (χ3n) is 5.16. The summed E-state index contributed by atoms with van der Waals surface area (Å²) in [5.41, 5.74) is 9.37. The maximum Gasteiger partial charge on any atom is 0.251 e. The monoisotopic (exact) mass is 400 g/mol. The van der Waals surface area contributed by atoms with E-state index >= 15 is 0 Å². The predicted octanol–water partition coefficient (Wildman–Crippen LogP) is 4.39. The lowest BCUT2D eigenvalue weighted by Gasteiger charge is -2.18. The van der Waals surface area contributed by atoms with E-state index in [1.165, 1.54) is 16.2 Å². The summed E-state index contributed by atoms with van der Waals surface area (Å²) >= 11 is 1.50. The number of ether oxygens (including phenoxy) is 1. The van der Waals surface area contributed by atoms with Crippen LogP contribution >= 0.6 is 11.3 Å². The maximum absolute atomic E-state index is 12.4. The lowest BCUT2D eigenvalue weighted by molar-refractivity contribution is -0.116. The van der Waals surface area contributed by atoms with Crippen molar-refractivity contribution in [1.82, 2.24) is 0 Å². The summed E-state index contributed by atoms with van der Waals surface area (Å²) in [5, 5.41) is 3.51. The van der Waals surface area contributed by atoms with Gasteiger partial charge in [-0.2, -0.15) is 0 Å². The highest BCUT2D eigenvalue weighted by Gasteiger charge is 2.27. The predicted molar refractivity (Wildman–Crippen MR) is 113 cm³/mol. The Hall–Kier alpha value is -2.34. The molecule has 0 aliphatic heterocycles. The van der Waals surface area contributed by atoms with Gasteiger partial charge in [-0.15, -0.1) is 11.3 Å². The molecule has 5 nitrogen and oxygen atoms in total.